The predicted octanol–water partition coefficient (Wildman–Crippen LogP) is 4.27. The number of ether oxygens (including phenoxy) is 1. The van der Waals surface area contributed by atoms with Gasteiger partial charge >= 0.3 is 0 Å². The molecule has 0 aliphatic rings. The van der Waals surface area contributed by atoms with E-state index in [0.717, 1.165) is 16.1 Å². The van der Waals surface area contributed by atoms with Crippen LogP contribution in [0.15, 0.2) is 42.5 Å². The van der Waals surface area contributed by atoms with Crippen molar-refractivity contribution in [2.45, 2.75) is 32.7 Å². The Kier molecular flexibility index (Phi) is 6.96. The van der Waals surface area contributed by atoms with Crippen LogP contribution in [-0.4, -0.2) is 33.7 Å². The van der Waals surface area contributed by atoms with Gasteiger partial charge < -0.3 is 10.1 Å². The van der Waals surface area contributed by atoms with Gasteiger partial charge in [0.1, 0.15) is 11.8 Å². The number of benzene rings is 2. The van der Waals surface area contributed by atoms with Crippen LogP contribution in [0.4, 0.5) is 11.4 Å². The number of anilines is 2. The SMILES string of the molecule is COc1ccc(N([C@@H](C)C(=O)Nc2ccccc2C(C)C)S(C)(=O)=O)cc1Cl. The van der Waals surface area contributed by atoms with Gasteiger partial charge in [-0.2, -0.15) is 0 Å². The van der Waals surface area contributed by atoms with E-state index in [1.165, 1.54) is 20.1 Å². The van der Waals surface area contributed by atoms with E-state index in [2.05, 4.69) is 5.32 Å². The standard InChI is InChI=1S/C20H25ClN2O4S/c1-13(2)16-8-6-7-9-18(16)22-20(24)14(3)23(28(5,25)26)15-10-11-19(27-4)17(21)12-15/h6-14H,1-5H3,(H,22,24)/t14-/m0/s1. The number of amides is 1. The first-order valence-electron chi connectivity index (χ1n) is 8.79. The summed E-state index contributed by atoms with van der Waals surface area (Å²) in [6.45, 7) is 5.58. The van der Waals surface area contributed by atoms with Gasteiger partial charge in [-0.25, -0.2) is 8.42 Å². The van der Waals surface area contributed by atoms with Crippen molar-refractivity contribution < 1.29 is 17.9 Å². The molecule has 0 saturated carbocycles. The molecule has 0 bridgehead atoms. The average Bonchev–Trinajstić information content (AvgIpc) is 2.61. The van der Waals surface area contributed by atoms with Crippen molar-refractivity contribution in [2.75, 3.05) is 23.0 Å². The fourth-order valence-electron chi connectivity index (χ4n) is 2.95. The summed E-state index contributed by atoms with van der Waals surface area (Å²) >= 11 is 6.15. The molecule has 0 aliphatic carbocycles. The second-order valence-corrected chi connectivity index (χ2v) is 9.05. The van der Waals surface area contributed by atoms with Crippen LogP contribution in [0, 0.1) is 0 Å². The van der Waals surface area contributed by atoms with Crippen molar-refractivity contribution in [2.24, 2.45) is 0 Å². The maximum Gasteiger partial charge on any atom is 0.248 e. The summed E-state index contributed by atoms with van der Waals surface area (Å²) in [4.78, 5) is 12.9. The Hall–Kier alpha value is -2.25. The summed E-state index contributed by atoms with van der Waals surface area (Å²) in [5.74, 6) is 0.186. The molecule has 0 saturated heterocycles. The Labute approximate surface area is 171 Å². The van der Waals surface area contributed by atoms with E-state index in [0.29, 0.717) is 11.4 Å². The van der Waals surface area contributed by atoms with Crippen molar-refractivity contribution in [3.05, 3.63) is 53.1 Å². The van der Waals surface area contributed by atoms with Crippen LogP contribution in [0.2, 0.25) is 5.02 Å². The molecule has 6 nitrogen and oxygen atoms in total. The quantitative estimate of drug-likeness (QED) is 0.720. The van der Waals surface area contributed by atoms with Gasteiger partial charge in [-0.05, 0) is 42.7 Å². The number of carbonyl (C=O) groups is 1. The third kappa shape index (κ3) is 4.97. The molecule has 1 amide bonds. The molecule has 0 aliphatic heterocycles. The molecule has 0 unspecified atom stereocenters. The van der Waals surface area contributed by atoms with E-state index in [4.69, 9.17) is 16.3 Å². The zero-order valence-electron chi connectivity index (χ0n) is 16.6. The van der Waals surface area contributed by atoms with Gasteiger partial charge in [0, 0.05) is 5.69 Å². The molecule has 1 atom stereocenters. The Balaban J connectivity index is 2.38. The lowest BCUT2D eigenvalue weighted by Crippen LogP contribution is -2.45. The second-order valence-electron chi connectivity index (χ2n) is 6.78. The van der Waals surface area contributed by atoms with Crippen molar-refractivity contribution in [1.82, 2.24) is 0 Å². The third-order valence-electron chi connectivity index (χ3n) is 4.32. The molecule has 0 spiro atoms. The molecular formula is C20H25ClN2O4S. The molecule has 28 heavy (non-hydrogen) atoms. The summed E-state index contributed by atoms with van der Waals surface area (Å²) < 4.78 is 31.0. The number of carbonyl (C=O) groups excluding carboxylic acids is 1. The summed E-state index contributed by atoms with van der Waals surface area (Å²) in [5.41, 5.74) is 1.92. The van der Waals surface area contributed by atoms with E-state index in [9.17, 15) is 13.2 Å². The smallest absolute Gasteiger partial charge is 0.248 e. The Bertz CT molecular complexity index is 960. The number of para-hydroxylation sites is 1. The van der Waals surface area contributed by atoms with Gasteiger partial charge in [-0.1, -0.05) is 43.6 Å². The van der Waals surface area contributed by atoms with Crippen molar-refractivity contribution >= 4 is 38.9 Å². The highest BCUT2D eigenvalue weighted by atomic mass is 35.5. The Morgan fingerprint density at radius 3 is 2.32 bits per heavy atom. The van der Waals surface area contributed by atoms with Crippen LogP contribution in [0.3, 0.4) is 0 Å². The first-order chi connectivity index (χ1) is 13.1. The van der Waals surface area contributed by atoms with Gasteiger partial charge in [-0.15, -0.1) is 0 Å². The Morgan fingerprint density at radius 2 is 1.79 bits per heavy atom. The number of sulfonamides is 1. The van der Waals surface area contributed by atoms with Gasteiger partial charge in [0.15, 0.2) is 0 Å². The molecule has 8 heteroatoms. The van der Waals surface area contributed by atoms with E-state index >= 15 is 0 Å². The minimum absolute atomic E-state index is 0.207. The molecular weight excluding hydrogens is 400 g/mol. The molecule has 0 aromatic heterocycles. The van der Waals surface area contributed by atoms with Crippen molar-refractivity contribution in [3.8, 4) is 5.75 Å². The lowest BCUT2D eigenvalue weighted by molar-refractivity contribution is -0.116. The van der Waals surface area contributed by atoms with Gasteiger partial charge in [0.2, 0.25) is 15.9 Å². The van der Waals surface area contributed by atoms with Crippen LogP contribution in [0.1, 0.15) is 32.3 Å². The second kappa shape index (κ2) is 8.84. The molecule has 0 heterocycles. The first kappa shape index (κ1) is 22.0. The fraction of sp³-hybridized carbons (Fsp3) is 0.350. The molecule has 0 radical (unpaired) electrons. The van der Waals surface area contributed by atoms with Crippen LogP contribution in [-0.2, 0) is 14.8 Å². The largest absolute Gasteiger partial charge is 0.495 e. The lowest BCUT2D eigenvalue weighted by atomic mass is 10.0. The first-order valence-corrected chi connectivity index (χ1v) is 11.0. The highest BCUT2D eigenvalue weighted by Gasteiger charge is 2.30. The molecule has 2 rings (SSSR count). The van der Waals surface area contributed by atoms with Gasteiger partial charge in [-0.3, -0.25) is 9.10 Å². The maximum absolute atomic E-state index is 12.9. The number of hydrogen-bond acceptors (Lipinski definition) is 4. The molecule has 1 N–H and O–H groups in total. The van der Waals surface area contributed by atoms with Gasteiger partial charge in [0.25, 0.3) is 0 Å². The number of halogens is 1. The minimum atomic E-state index is -3.74. The van der Waals surface area contributed by atoms with Crippen LogP contribution >= 0.6 is 11.6 Å². The van der Waals surface area contributed by atoms with Crippen LogP contribution in [0.25, 0.3) is 0 Å². The van der Waals surface area contributed by atoms with E-state index in [1.54, 1.807) is 18.2 Å². The summed E-state index contributed by atoms with van der Waals surface area (Å²) in [6.07, 6.45) is 1.05. The average molecular weight is 425 g/mol. The van der Waals surface area contributed by atoms with Crippen molar-refractivity contribution in [1.29, 1.82) is 0 Å². The number of hydrogen-bond donors (Lipinski definition) is 1. The summed E-state index contributed by atoms with van der Waals surface area (Å²) in [5, 5.41) is 3.10. The normalized spacial score (nSPS) is 12.5. The highest BCUT2D eigenvalue weighted by Crippen LogP contribution is 2.31. The van der Waals surface area contributed by atoms with Crippen LogP contribution in [0.5, 0.6) is 5.75 Å². The molecule has 2 aromatic carbocycles. The van der Waals surface area contributed by atoms with Gasteiger partial charge in [0.05, 0.1) is 24.1 Å². The minimum Gasteiger partial charge on any atom is -0.495 e. The molecule has 0 fully saturated rings. The highest BCUT2D eigenvalue weighted by molar-refractivity contribution is 7.92. The Morgan fingerprint density at radius 1 is 1.14 bits per heavy atom. The fourth-order valence-corrected chi connectivity index (χ4v) is 4.37. The van der Waals surface area contributed by atoms with Crippen molar-refractivity contribution in [3.63, 3.8) is 0 Å². The predicted molar refractivity (Wildman–Crippen MR) is 114 cm³/mol. The number of rotatable bonds is 7. The third-order valence-corrected chi connectivity index (χ3v) is 5.86. The maximum atomic E-state index is 12.9. The van der Waals surface area contributed by atoms with Crippen LogP contribution < -0.4 is 14.4 Å². The molecule has 152 valence electrons. The van der Waals surface area contributed by atoms with E-state index < -0.39 is 22.0 Å². The number of methoxy groups -OCH3 is 1. The molecule has 2 aromatic rings. The number of nitrogens with one attached hydrogen (secondary N) is 1. The van der Waals surface area contributed by atoms with E-state index in [1.807, 2.05) is 32.0 Å². The number of nitrogens with zero attached hydrogens (tertiary/aromatic N) is 1. The zero-order valence-corrected chi connectivity index (χ0v) is 18.1. The summed E-state index contributed by atoms with van der Waals surface area (Å²) in [7, 11) is -2.27. The zero-order chi connectivity index (χ0) is 21.1. The summed E-state index contributed by atoms with van der Waals surface area (Å²) in [6, 6.07) is 11.1. The van der Waals surface area contributed by atoms with E-state index in [-0.39, 0.29) is 16.6 Å². The monoisotopic (exact) mass is 424 g/mol. The lowest BCUT2D eigenvalue weighted by Gasteiger charge is -2.29. The topological polar surface area (TPSA) is 75.7 Å².